The van der Waals surface area contributed by atoms with Gasteiger partial charge in [0.2, 0.25) is 0 Å². The molecule has 0 bridgehead atoms. The minimum Gasteiger partial charge on any atom is -0.268 e. The maximum Gasteiger partial charge on any atom is 0.0278 e. The van der Waals surface area contributed by atoms with Gasteiger partial charge < -0.3 is 0 Å². The van der Waals surface area contributed by atoms with Gasteiger partial charge in [-0.1, -0.05) is 69.9 Å². The van der Waals surface area contributed by atoms with Crippen molar-refractivity contribution in [3.63, 3.8) is 0 Å². The van der Waals surface area contributed by atoms with Gasteiger partial charge in [0, 0.05) is 12.1 Å². The van der Waals surface area contributed by atoms with Gasteiger partial charge in [-0.05, 0) is 50.4 Å². The summed E-state index contributed by atoms with van der Waals surface area (Å²) in [4.78, 5) is 0. The minimum atomic E-state index is 0.647. The Morgan fingerprint density at radius 3 is 1.91 bits per heavy atom. The van der Waals surface area contributed by atoms with Gasteiger partial charge in [0.25, 0.3) is 0 Å². The molecule has 0 spiro atoms. The van der Waals surface area contributed by atoms with E-state index in [4.69, 9.17) is 5.84 Å². The Morgan fingerprint density at radius 1 is 0.609 bits per heavy atom. The van der Waals surface area contributed by atoms with Crippen LogP contribution in [0, 0.1) is 11.8 Å². The van der Waals surface area contributed by atoms with Gasteiger partial charge >= 0.3 is 0 Å². The zero-order valence-electron chi connectivity index (χ0n) is 15.1. The quantitative estimate of drug-likeness (QED) is 0.466. The third-order valence-corrected chi connectivity index (χ3v) is 6.79. The molecule has 1 saturated heterocycles. The highest BCUT2D eigenvalue weighted by molar-refractivity contribution is 5.01. The number of hydrogen-bond donors (Lipinski definition) is 1. The van der Waals surface area contributed by atoms with E-state index in [-0.39, 0.29) is 0 Å². The molecule has 4 atom stereocenters. The fraction of sp³-hybridized carbons (Fsp3) is 0.905. The lowest BCUT2D eigenvalue weighted by molar-refractivity contribution is 0.157. The summed E-state index contributed by atoms with van der Waals surface area (Å²) in [6, 6.07) is 1.31. The van der Waals surface area contributed by atoms with Crippen LogP contribution in [-0.2, 0) is 0 Å². The van der Waals surface area contributed by atoms with Gasteiger partial charge in [-0.15, -0.1) is 0 Å². The molecule has 1 aliphatic heterocycles. The largest absolute Gasteiger partial charge is 0.268 e. The fourth-order valence-electron chi connectivity index (χ4n) is 5.50. The summed E-state index contributed by atoms with van der Waals surface area (Å²) in [7, 11) is 0. The van der Waals surface area contributed by atoms with Crippen molar-refractivity contribution in [3.8, 4) is 0 Å². The lowest BCUT2D eigenvalue weighted by Crippen LogP contribution is -2.43. The molecule has 23 heavy (non-hydrogen) atoms. The van der Waals surface area contributed by atoms with Gasteiger partial charge in [-0.3, -0.25) is 5.84 Å². The van der Waals surface area contributed by atoms with Crippen LogP contribution in [-0.4, -0.2) is 17.1 Å². The van der Waals surface area contributed by atoms with Gasteiger partial charge in [0.1, 0.15) is 0 Å². The average molecular weight is 319 g/mol. The van der Waals surface area contributed by atoms with Crippen molar-refractivity contribution in [1.29, 1.82) is 0 Å². The minimum absolute atomic E-state index is 0.647. The first kappa shape index (κ1) is 17.5. The summed E-state index contributed by atoms with van der Waals surface area (Å²) in [5.41, 5.74) is 0. The first-order valence-corrected chi connectivity index (χ1v) is 10.6. The Balaban J connectivity index is 1.74. The zero-order valence-corrected chi connectivity index (χ0v) is 15.1. The molecule has 0 radical (unpaired) electrons. The van der Waals surface area contributed by atoms with E-state index in [1.165, 1.54) is 96.3 Å². The molecule has 2 heteroatoms. The SMILES string of the molecule is NN1C2CCCCCCC/C=C\CC2C2CCCCCCCC21. The molecule has 0 amide bonds. The number of hydrogen-bond acceptors (Lipinski definition) is 2. The lowest BCUT2D eigenvalue weighted by Gasteiger charge is -2.27. The Hall–Kier alpha value is -0.340. The van der Waals surface area contributed by atoms with Crippen LogP contribution in [0.3, 0.4) is 0 Å². The average Bonchev–Trinajstić information content (AvgIpc) is 2.85. The fourth-order valence-corrected chi connectivity index (χ4v) is 5.50. The molecule has 2 N–H and O–H groups in total. The van der Waals surface area contributed by atoms with E-state index in [0.29, 0.717) is 12.1 Å². The Morgan fingerprint density at radius 2 is 1.17 bits per heavy atom. The summed E-state index contributed by atoms with van der Waals surface area (Å²) in [6.07, 6.45) is 25.8. The highest BCUT2D eigenvalue weighted by atomic mass is 15.5. The second-order valence-electron chi connectivity index (χ2n) is 8.31. The number of allylic oxidation sites excluding steroid dienone is 2. The molecule has 132 valence electrons. The topological polar surface area (TPSA) is 29.3 Å². The molecule has 3 rings (SSSR count). The highest BCUT2D eigenvalue weighted by Crippen LogP contribution is 2.43. The normalized spacial score (nSPS) is 39.7. The molecule has 2 fully saturated rings. The van der Waals surface area contributed by atoms with Gasteiger partial charge in [0.05, 0.1) is 0 Å². The summed E-state index contributed by atoms with van der Waals surface area (Å²) < 4.78 is 0. The summed E-state index contributed by atoms with van der Waals surface area (Å²) >= 11 is 0. The van der Waals surface area contributed by atoms with E-state index in [2.05, 4.69) is 17.2 Å². The van der Waals surface area contributed by atoms with E-state index in [1.54, 1.807) is 0 Å². The van der Waals surface area contributed by atoms with Crippen LogP contribution < -0.4 is 5.84 Å². The maximum absolute atomic E-state index is 6.71. The molecule has 2 nitrogen and oxygen atoms in total. The van der Waals surface area contributed by atoms with Crippen molar-refractivity contribution < 1.29 is 0 Å². The van der Waals surface area contributed by atoms with Crippen molar-refractivity contribution in [1.82, 2.24) is 5.01 Å². The third-order valence-electron chi connectivity index (χ3n) is 6.79. The molecule has 4 unspecified atom stereocenters. The van der Waals surface area contributed by atoms with Crippen molar-refractivity contribution in [2.45, 2.75) is 108 Å². The Kier molecular flexibility index (Phi) is 7.01. The molecule has 3 aliphatic rings. The van der Waals surface area contributed by atoms with Crippen molar-refractivity contribution in [3.05, 3.63) is 12.2 Å². The van der Waals surface area contributed by atoms with Crippen molar-refractivity contribution >= 4 is 0 Å². The van der Waals surface area contributed by atoms with Crippen molar-refractivity contribution in [2.75, 3.05) is 0 Å². The number of nitrogens with zero attached hydrogens (tertiary/aromatic N) is 1. The first-order chi connectivity index (χ1) is 11.4. The first-order valence-electron chi connectivity index (χ1n) is 10.6. The molecule has 2 aliphatic carbocycles. The smallest absolute Gasteiger partial charge is 0.0278 e. The summed E-state index contributed by atoms with van der Waals surface area (Å²) in [5.74, 6) is 8.38. The second-order valence-corrected chi connectivity index (χ2v) is 8.31. The zero-order chi connectivity index (χ0) is 15.9. The van der Waals surface area contributed by atoms with Crippen LogP contribution in [0.25, 0.3) is 0 Å². The number of rotatable bonds is 0. The number of hydrazine groups is 1. The summed E-state index contributed by atoms with van der Waals surface area (Å²) in [6.45, 7) is 0. The number of nitrogens with two attached hydrogens (primary N) is 1. The highest BCUT2D eigenvalue weighted by Gasteiger charge is 2.45. The third kappa shape index (κ3) is 4.60. The van der Waals surface area contributed by atoms with Crippen LogP contribution in [0.4, 0.5) is 0 Å². The molecular weight excluding hydrogens is 280 g/mol. The van der Waals surface area contributed by atoms with Crippen LogP contribution in [0.5, 0.6) is 0 Å². The second kappa shape index (κ2) is 9.22. The molecule has 1 saturated carbocycles. The Labute approximate surface area is 143 Å². The maximum atomic E-state index is 6.71. The predicted molar refractivity (Wildman–Crippen MR) is 99.0 cm³/mol. The molecule has 0 aromatic heterocycles. The lowest BCUT2D eigenvalue weighted by atomic mass is 9.79. The molecule has 0 aromatic carbocycles. The predicted octanol–water partition coefficient (Wildman–Crippen LogP) is 5.58. The van der Waals surface area contributed by atoms with Crippen LogP contribution in [0.15, 0.2) is 12.2 Å². The molecular formula is C21H38N2. The molecule has 0 aromatic rings. The van der Waals surface area contributed by atoms with E-state index in [0.717, 1.165) is 11.8 Å². The Bertz CT molecular complexity index is 365. The van der Waals surface area contributed by atoms with Crippen LogP contribution >= 0.6 is 0 Å². The standard InChI is InChI=1S/C21H38N2/c22-23-20-16-12-8-4-2-1-3-6-10-14-18(20)19-15-11-7-5-9-13-17-21(19)23/h6,10,18-21H,1-5,7-9,11-17,22H2/b10-6-. The van der Waals surface area contributed by atoms with Crippen LogP contribution in [0.2, 0.25) is 0 Å². The monoisotopic (exact) mass is 318 g/mol. The van der Waals surface area contributed by atoms with Gasteiger partial charge in [-0.25, -0.2) is 5.01 Å². The van der Waals surface area contributed by atoms with E-state index >= 15 is 0 Å². The van der Waals surface area contributed by atoms with Crippen LogP contribution in [0.1, 0.15) is 96.3 Å². The van der Waals surface area contributed by atoms with Crippen molar-refractivity contribution in [2.24, 2.45) is 17.7 Å². The van der Waals surface area contributed by atoms with Gasteiger partial charge in [0.15, 0.2) is 0 Å². The van der Waals surface area contributed by atoms with E-state index < -0.39 is 0 Å². The number of fused-ring (bicyclic) bond motifs is 3. The van der Waals surface area contributed by atoms with Gasteiger partial charge in [-0.2, -0.15) is 0 Å². The van der Waals surface area contributed by atoms with E-state index in [9.17, 15) is 0 Å². The van der Waals surface area contributed by atoms with E-state index in [1.807, 2.05) is 0 Å². The summed E-state index contributed by atoms with van der Waals surface area (Å²) in [5, 5.41) is 2.35. The molecule has 1 heterocycles.